The van der Waals surface area contributed by atoms with Gasteiger partial charge in [0.2, 0.25) is 21.8 Å². The summed E-state index contributed by atoms with van der Waals surface area (Å²) in [4.78, 5) is 41.6. The molecule has 0 radical (unpaired) electrons. The van der Waals surface area contributed by atoms with E-state index in [0.717, 1.165) is 10.6 Å². The van der Waals surface area contributed by atoms with Crippen LogP contribution in [-0.2, 0) is 40.6 Å². The molecule has 0 aliphatic carbocycles. The molecule has 2 aromatic rings. The molecular formula is C25H32ClN3O8S. The maximum atomic E-state index is 13.5. The highest BCUT2D eigenvalue weighted by Gasteiger charge is 2.34. The summed E-state index contributed by atoms with van der Waals surface area (Å²) in [5, 5.41) is 3.40. The maximum absolute atomic E-state index is 13.5. The van der Waals surface area contributed by atoms with Crippen LogP contribution in [0.5, 0.6) is 5.75 Å². The van der Waals surface area contributed by atoms with Gasteiger partial charge in [-0.25, -0.2) is 13.5 Å². The minimum absolute atomic E-state index is 0.0167. The highest BCUT2D eigenvalue weighted by atomic mass is 35.5. The summed E-state index contributed by atoms with van der Waals surface area (Å²) in [6.07, 6.45) is -0.567. The summed E-state index contributed by atoms with van der Waals surface area (Å²) in [6.45, 7) is 4.86. The molecular weight excluding hydrogens is 538 g/mol. The lowest BCUT2D eigenvalue weighted by Crippen LogP contribution is -2.46. The van der Waals surface area contributed by atoms with Crippen molar-refractivity contribution in [3.8, 4) is 5.75 Å². The minimum atomic E-state index is -4.45. The molecule has 11 nitrogen and oxygen atoms in total. The topological polar surface area (TPSA) is 140 Å². The van der Waals surface area contributed by atoms with Gasteiger partial charge in [0.1, 0.15) is 34.8 Å². The second-order valence-corrected chi connectivity index (χ2v) is 11.1. The molecule has 38 heavy (non-hydrogen) atoms. The van der Waals surface area contributed by atoms with Gasteiger partial charge in [-0.3, -0.25) is 19.2 Å². The number of carbonyl (C=O) groups is 3. The van der Waals surface area contributed by atoms with Gasteiger partial charge in [-0.1, -0.05) is 30.3 Å². The second kappa shape index (κ2) is 13.6. The number of carbonyl (C=O) groups excluding carboxylic acids is 3. The summed E-state index contributed by atoms with van der Waals surface area (Å²) in [5.41, 5.74) is 0.0699. The van der Waals surface area contributed by atoms with Gasteiger partial charge in [-0.2, -0.15) is 4.72 Å². The van der Waals surface area contributed by atoms with E-state index >= 15 is 0 Å². The van der Waals surface area contributed by atoms with E-state index < -0.39 is 45.9 Å². The van der Waals surface area contributed by atoms with E-state index in [1.165, 1.54) is 32.4 Å². The van der Waals surface area contributed by atoms with E-state index in [9.17, 15) is 22.8 Å². The maximum Gasteiger partial charge on any atom is 0.325 e. The summed E-state index contributed by atoms with van der Waals surface area (Å²) in [6, 6.07) is 11.3. The number of hydrogen-bond donors (Lipinski definition) is 2. The molecule has 2 aromatic carbocycles. The van der Waals surface area contributed by atoms with Crippen molar-refractivity contribution in [1.82, 2.24) is 9.79 Å². The molecule has 0 saturated carbocycles. The first kappa shape index (κ1) is 31.0. The Labute approximate surface area is 227 Å². The van der Waals surface area contributed by atoms with Crippen LogP contribution in [-0.4, -0.2) is 62.9 Å². The number of hydrogen-bond acceptors (Lipinski definition) is 8. The monoisotopic (exact) mass is 569 g/mol. The Balaban J connectivity index is 2.44. The van der Waals surface area contributed by atoms with Gasteiger partial charge in [-0.05, 0) is 38.5 Å². The molecule has 1 atom stereocenters. The number of alkyl halides is 1. The van der Waals surface area contributed by atoms with Crippen molar-refractivity contribution in [3.05, 3.63) is 54.1 Å². The molecule has 13 heteroatoms. The van der Waals surface area contributed by atoms with E-state index in [4.69, 9.17) is 25.9 Å². The fourth-order valence-electron chi connectivity index (χ4n) is 3.05. The van der Waals surface area contributed by atoms with Crippen LogP contribution in [0, 0.1) is 0 Å². The number of amides is 2. The average molecular weight is 570 g/mol. The van der Waals surface area contributed by atoms with E-state index in [-0.39, 0.29) is 28.8 Å². The SMILES string of the molecule is CON(C)C(=O)C[C@H](NS(=O)(=O)c1ccc(NC(=O)CCl)cc1OCc1ccccc1)C(=O)OC(C)(C)C. The molecule has 2 rings (SSSR count). The summed E-state index contributed by atoms with van der Waals surface area (Å²) in [5.74, 6) is -2.51. The van der Waals surface area contributed by atoms with Crippen molar-refractivity contribution < 1.29 is 37.1 Å². The van der Waals surface area contributed by atoms with Gasteiger partial charge in [0.25, 0.3) is 0 Å². The zero-order valence-electron chi connectivity index (χ0n) is 21.8. The number of ether oxygens (including phenoxy) is 2. The van der Waals surface area contributed by atoms with Crippen molar-refractivity contribution in [1.29, 1.82) is 0 Å². The van der Waals surface area contributed by atoms with Crippen LogP contribution in [0.2, 0.25) is 0 Å². The standard InChI is InChI=1S/C25H32ClN3O8S/c1-25(2,3)37-24(32)19(14-23(31)29(4)35-5)28-38(33,34)21-12-11-18(27-22(30)15-26)13-20(21)36-16-17-9-7-6-8-10-17/h6-13,19,28H,14-16H2,1-5H3,(H,27,30)/t19-/m0/s1. The zero-order chi connectivity index (χ0) is 28.5. The number of nitrogens with one attached hydrogen (secondary N) is 2. The summed E-state index contributed by atoms with van der Waals surface area (Å²) >= 11 is 5.56. The van der Waals surface area contributed by atoms with Crippen LogP contribution in [0.1, 0.15) is 32.8 Å². The first-order valence-electron chi connectivity index (χ1n) is 11.5. The van der Waals surface area contributed by atoms with E-state index in [2.05, 4.69) is 10.0 Å². The second-order valence-electron chi connectivity index (χ2n) is 9.10. The smallest absolute Gasteiger partial charge is 0.325 e. The van der Waals surface area contributed by atoms with Gasteiger partial charge in [0.15, 0.2) is 0 Å². The largest absolute Gasteiger partial charge is 0.487 e. The number of halogens is 1. The zero-order valence-corrected chi connectivity index (χ0v) is 23.4. The molecule has 2 amide bonds. The Morgan fingerprint density at radius 1 is 1.08 bits per heavy atom. The molecule has 2 N–H and O–H groups in total. The van der Waals surface area contributed by atoms with Crippen LogP contribution >= 0.6 is 11.6 Å². The lowest BCUT2D eigenvalue weighted by atomic mass is 10.1. The fraction of sp³-hybridized carbons (Fsp3) is 0.400. The Kier molecular flexibility index (Phi) is 11.1. The van der Waals surface area contributed by atoms with E-state index in [1.54, 1.807) is 45.0 Å². The van der Waals surface area contributed by atoms with Crippen molar-refractivity contribution in [2.45, 2.75) is 50.3 Å². The number of benzene rings is 2. The number of nitrogens with zero attached hydrogens (tertiary/aromatic N) is 1. The Bertz CT molecular complexity index is 1230. The molecule has 0 aromatic heterocycles. The van der Waals surface area contributed by atoms with Gasteiger partial charge in [-0.15, -0.1) is 11.6 Å². The third kappa shape index (κ3) is 9.60. The lowest BCUT2D eigenvalue weighted by Gasteiger charge is -2.25. The van der Waals surface area contributed by atoms with Crippen molar-refractivity contribution >= 4 is 45.1 Å². The number of esters is 1. The molecule has 208 valence electrons. The van der Waals surface area contributed by atoms with Gasteiger partial charge >= 0.3 is 5.97 Å². The van der Waals surface area contributed by atoms with E-state index in [1.807, 2.05) is 6.07 Å². The number of sulfonamides is 1. The molecule has 0 heterocycles. The molecule has 0 aliphatic rings. The molecule has 0 spiro atoms. The normalized spacial score (nSPS) is 12.4. The highest BCUT2D eigenvalue weighted by Crippen LogP contribution is 2.29. The molecule has 0 fully saturated rings. The Morgan fingerprint density at radius 2 is 1.74 bits per heavy atom. The van der Waals surface area contributed by atoms with Crippen molar-refractivity contribution in [2.75, 3.05) is 25.4 Å². The predicted molar refractivity (Wildman–Crippen MR) is 141 cm³/mol. The summed E-state index contributed by atoms with van der Waals surface area (Å²) in [7, 11) is -1.87. The quantitative estimate of drug-likeness (QED) is 0.226. The third-order valence-corrected chi connectivity index (χ3v) is 6.62. The third-order valence-electron chi connectivity index (χ3n) is 4.87. The molecule has 0 bridgehead atoms. The molecule has 0 aliphatic heterocycles. The van der Waals surface area contributed by atoms with Crippen LogP contribution in [0.3, 0.4) is 0 Å². The van der Waals surface area contributed by atoms with Crippen LogP contribution in [0.25, 0.3) is 0 Å². The predicted octanol–water partition coefficient (Wildman–Crippen LogP) is 2.84. The fourth-order valence-corrected chi connectivity index (χ4v) is 4.43. The summed E-state index contributed by atoms with van der Waals surface area (Å²) < 4.78 is 40.4. The Morgan fingerprint density at radius 3 is 2.32 bits per heavy atom. The number of rotatable bonds is 12. The highest BCUT2D eigenvalue weighted by molar-refractivity contribution is 7.89. The Hall–Kier alpha value is -3.19. The van der Waals surface area contributed by atoms with Gasteiger partial charge < -0.3 is 14.8 Å². The molecule has 0 saturated heterocycles. The van der Waals surface area contributed by atoms with Crippen LogP contribution in [0.4, 0.5) is 5.69 Å². The lowest BCUT2D eigenvalue weighted by molar-refractivity contribution is -0.172. The van der Waals surface area contributed by atoms with Crippen LogP contribution < -0.4 is 14.8 Å². The van der Waals surface area contributed by atoms with Gasteiger partial charge in [0, 0.05) is 18.8 Å². The van der Waals surface area contributed by atoms with E-state index in [0.29, 0.717) is 0 Å². The first-order chi connectivity index (χ1) is 17.8. The first-order valence-corrected chi connectivity index (χ1v) is 13.5. The average Bonchev–Trinajstić information content (AvgIpc) is 2.85. The van der Waals surface area contributed by atoms with Crippen LogP contribution in [0.15, 0.2) is 53.4 Å². The van der Waals surface area contributed by atoms with Gasteiger partial charge in [0.05, 0.1) is 13.5 Å². The number of hydroxylamine groups is 2. The van der Waals surface area contributed by atoms with Crippen molar-refractivity contribution in [2.24, 2.45) is 0 Å². The minimum Gasteiger partial charge on any atom is -0.487 e. The van der Waals surface area contributed by atoms with Crippen molar-refractivity contribution in [3.63, 3.8) is 0 Å². The number of anilines is 1. The molecule has 0 unspecified atom stereocenters.